The van der Waals surface area contributed by atoms with Crippen LogP contribution in [-0.4, -0.2) is 24.2 Å². The van der Waals surface area contributed by atoms with E-state index in [0.29, 0.717) is 10.3 Å². The molecule has 3 rings (SSSR count). The number of nitrogens with two attached hydrogens (primary N) is 1. The molecule has 0 aliphatic heterocycles. The molecule has 20 heavy (non-hydrogen) atoms. The van der Waals surface area contributed by atoms with E-state index in [4.69, 9.17) is 5.73 Å². The summed E-state index contributed by atoms with van der Waals surface area (Å²) < 4.78 is 29.0. The maximum Gasteiger partial charge on any atom is 0.240 e. The second-order valence-electron chi connectivity index (χ2n) is 4.70. The summed E-state index contributed by atoms with van der Waals surface area (Å²) in [4.78, 5) is 0.257. The SMILES string of the molecule is Nc1nn(-c2ccc(S(=O)(=O)NC3CC3)cc2)cc1Br. The molecular weight excluding hydrogens is 344 g/mol. The van der Waals surface area contributed by atoms with Crippen LogP contribution >= 0.6 is 15.9 Å². The highest BCUT2D eigenvalue weighted by Crippen LogP contribution is 2.23. The minimum atomic E-state index is -3.41. The Morgan fingerprint density at radius 1 is 1.30 bits per heavy atom. The molecule has 1 saturated carbocycles. The van der Waals surface area contributed by atoms with Gasteiger partial charge in [-0.05, 0) is 53.0 Å². The minimum Gasteiger partial charge on any atom is -0.381 e. The molecule has 1 fully saturated rings. The number of aromatic nitrogens is 2. The molecule has 1 heterocycles. The third-order valence-corrected chi connectivity index (χ3v) is 5.15. The van der Waals surface area contributed by atoms with E-state index < -0.39 is 10.0 Å². The summed E-state index contributed by atoms with van der Waals surface area (Å²) in [7, 11) is -3.41. The van der Waals surface area contributed by atoms with E-state index in [2.05, 4.69) is 25.8 Å². The van der Waals surface area contributed by atoms with Crippen molar-refractivity contribution >= 4 is 31.8 Å². The first-order valence-corrected chi connectivity index (χ1v) is 8.37. The zero-order valence-corrected chi connectivity index (χ0v) is 12.9. The molecular formula is C12H13BrN4O2S. The number of nitrogens with one attached hydrogen (secondary N) is 1. The van der Waals surface area contributed by atoms with E-state index in [0.717, 1.165) is 18.5 Å². The van der Waals surface area contributed by atoms with Crippen LogP contribution in [0.15, 0.2) is 39.8 Å². The molecule has 1 aliphatic carbocycles. The van der Waals surface area contributed by atoms with E-state index in [9.17, 15) is 8.42 Å². The number of nitrogens with zero attached hydrogens (tertiary/aromatic N) is 2. The Morgan fingerprint density at radius 2 is 1.95 bits per heavy atom. The second kappa shape index (κ2) is 4.87. The van der Waals surface area contributed by atoms with Crippen LogP contribution in [-0.2, 0) is 10.0 Å². The van der Waals surface area contributed by atoms with Crippen molar-refractivity contribution in [2.45, 2.75) is 23.8 Å². The molecule has 0 radical (unpaired) electrons. The molecule has 1 aliphatic rings. The smallest absolute Gasteiger partial charge is 0.240 e. The normalized spacial score (nSPS) is 15.4. The molecule has 0 atom stereocenters. The fraction of sp³-hybridized carbons (Fsp3) is 0.250. The lowest BCUT2D eigenvalue weighted by molar-refractivity contribution is 0.581. The standard InChI is InChI=1S/C12H13BrN4O2S/c13-11-7-17(15-12(11)14)9-3-5-10(6-4-9)20(18,19)16-8-1-2-8/h3-8,16H,1-2H2,(H2,14,15). The topological polar surface area (TPSA) is 90.0 Å². The summed E-state index contributed by atoms with van der Waals surface area (Å²) in [5, 5.41) is 4.11. The lowest BCUT2D eigenvalue weighted by Gasteiger charge is -2.06. The van der Waals surface area contributed by atoms with Gasteiger partial charge in [-0.2, -0.15) is 0 Å². The predicted octanol–water partition coefficient (Wildman–Crippen LogP) is 1.66. The van der Waals surface area contributed by atoms with Crippen molar-refractivity contribution in [3.05, 3.63) is 34.9 Å². The summed E-state index contributed by atoms with van der Waals surface area (Å²) >= 11 is 3.28. The van der Waals surface area contributed by atoms with Gasteiger partial charge in [0.2, 0.25) is 10.0 Å². The van der Waals surface area contributed by atoms with Gasteiger partial charge in [0.25, 0.3) is 0 Å². The van der Waals surface area contributed by atoms with Crippen LogP contribution in [0.25, 0.3) is 5.69 Å². The molecule has 2 aromatic rings. The summed E-state index contributed by atoms with van der Waals surface area (Å²) in [5.74, 6) is 0.386. The third-order valence-electron chi connectivity index (χ3n) is 3.01. The van der Waals surface area contributed by atoms with Gasteiger partial charge in [0.1, 0.15) is 0 Å². The highest BCUT2D eigenvalue weighted by molar-refractivity contribution is 9.10. The quantitative estimate of drug-likeness (QED) is 0.871. The maximum atomic E-state index is 12.0. The van der Waals surface area contributed by atoms with Gasteiger partial charge in [0.15, 0.2) is 5.82 Å². The predicted molar refractivity (Wildman–Crippen MR) is 79.0 cm³/mol. The fourth-order valence-electron chi connectivity index (χ4n) is 1.77. The second-order valence-corrected chi connectivity index (χ2v) is 7.26. The first kappa shape index (κ1) is 13.6. The fourth-order valence-corrected chi connectivity index (χ4v) is 3.34. The monoisotopic (exact) mass is 356 g/mol. The zero-order valence-electron chi connectivity index (χ0n) is 10.5. The Labute approximate surface area is 125 Å². The Kier molecular flexibility index (Phi) is 3.31. The lowest BCUT2D eigenvalue weighted by atomic mass is 10.3. The van der Waals surface area contributed by atoms with Crippen molar-refractivity contribution in [2.75, 3.05) is 5.73 Å². The van der Waals surface area contributed by atoms with E-state index in [-0.39, 0.29) is 10.9 Å². The third kappa shape index (κ3) is 2.72. The van der Waals surface area contributed by atoms with E-state index >= 15 is 0 Å². The zero-order chi connectivity index (χ0) is 14.3. The van der Waals surface area contributed by atoms with Gasteiger partial charge >= 0.3 is 0 Å². The largest absolute Gasteiger partial charge is 0.381 e. The van der Waals surface area contributed by atoms with Gasteiger partial charge in [0.05, 0.1) is 15.1 Å². The number of nitrogen functional groups attached to an aromatic ring is 1. The highest BCUT2D eigenvalue weighted by Gasteiger charge is 2.27. The van der Waals surface area contributed by atoms with Gasteiger partial charge in [0, 0.05) is 12.2 Å². The first-order valence-electron chi connectivity index (χ1n) is 6.09. The van der Waals surface area contributed by atoms with Crippen molar-refractivity contribution in [1.29, 1.82) is 0 Å². The Hall–Kier alpha value is -1.38. The van der Waals surface area contributed by atoms with Crippen LogP contribution in [0.4, 0.5) is 5.82 Å². The molecule has 0 unspecified atom stereocenters. The Bertz CT molecular complexity index is 716. The first-order chi connectivity index (χ1) is 9.45. The number of benzene rings is 1. The Balaban J connectivity index is 1.87. The van der Waals surface area contributed by atoms with Crippen LogP contribution in [0.5, 0.6) is 0 Å². The van der Waals surface area contributed by atoms with Crippen LogP contribution in [0.3, 0.4) is 0 Å². The van der Waals surface area contributed by atoms with Crippen molar-refractivity contribution in [2.24, 2.45) is 0 Å². The van der Waals surface area contributed by atoms with E-state index in [1.54, 1.807) is 35.1 Å². The number of anilines is 1. The number of rotatable bonds is 4. The molecule has 8 heteroatoms. The van der Waals surface area contributed by atoms with E-state index in [1.165, 1.54) is 0 Å². The van der Waals surface area contributed by atoms with Crippen LogP contribution in [0.1, 0.15) is 12.8 Å². The number of hydrogen-bond acceptors (Lipinski definition) is 4. The maximum absolute atomic E-state index is 12.0. The molecule has 0 bridgehead atoms. The van der Waals surface area contributed by atoms with Gasteiger partial charge in [-0.25, -0.2) is 17.8 Å². The van der Waals surface area contributed by atoms with Crippen LogP contribution < -0.4 is 10.5 Å². The number of halogens is 1. The summed E-state index contributed by atoms with van der Waals surface area (Å²) in [6.07, 6.45) is 3.55. The molecule has 106 valence electrons. The van der Waals surface area contributed by atoms with Crippen LogP contribution in [0, 0.1) is 0 Å². The van der Waals surface area contributed by atoms with Gasteiger partial charge in [-0.3, -0.25) is 0 Å². The number of sulfonamides is 1. The van der Waals surface area contributed by atoms with Gasteiger partial charge < -0.3 is 5.73 Å². The van der Waals surface area contributed by atoms with Gasteiger partial charge in [-0.1, -0.05) is 0 Å². The highest BCUT2D eigenvalue weighted by atomic mass is 79.9. The van der Waals surface area contributed by atoms with Crippen molar-refractivity contribution in [1.82, 2.24) is 14.5 Å². The average molecular weight is 357 g/mol. The Morgan fingerprint density at radius 3 is 2.45 bits per heavy atom. The average Bonchev–Trinajstić information content (AvgIpc) is 3.14. The van der Waals surface area contributed by atoms with E-state index in [1.807, 2.05) is 0 Å². The minimum absolute atomic E-state index is 0.0987. The molecule has 6 nitrogen and oxygen atoms in total. The van der Waals surface area contributed by atoms with Crippen LogP contribution in [0.2, 0.25) is 0 Å². The van der Waals surface area contributed by atoms with Crippen molar-refractivity contribution < 1.29 is 8.42 Å². The summed E-state index contributed by atoms with van der Waals surface area (Å²) in [6, 6.07) is 6.61. The molecule has 1 aromatic heterocycles. The molecule has 0 saturated heterocycles. The summed E-state index contributed by atoms with van der Waals surface area (Å²) in [6.45, 7) is 0. The summed E-state index contributed by atoms with van der Waals surface area (Å²) in [5.41, 5.74) is 6.40. The van der Waals surface area contributed by atoms with Crippen molar-refractivity contribution in [3.63, 3.8) is 0 Å². The van der Waals surface area contributed by atoms with Gasteiger partial charge in [-0.15, -0.1) is 5.10 Å². The molecule has 3 N–H and O–H groups in total. The molecule has 0 spiro atoms. The molecule has 1 aromatic carbocycles. The van der Waals surface area contributed by atoms with Crippen molar-refractivity contribution in [3.8, 4) is 5.69 Å². The number of hydrogen-bond donors (Lipinski definition) is 2. The molecule has 0 amide bonds. The lowest BCUT2D eigenvalue weighted by Crippen LogP contribution is -2.25.